The number of nitriles is 1. The second-order valence-corrected chi connectivity index (χ2v) is 4.32. The van der Waals surface area contributed by atoms with Crippen LogP contribution < -0.4 is 5.32 Å². The summed E-state index contributed by atoms with van der Waals surface area (Å²) in [6.07, 6.45) is 0. The van der Waals surface area contributed by atoms with Gasteiger partial charge < -0.3 is 5.32 Å². The second kappa shape index (κ2) is 5.41. The van der Waals surface area contributed by atoms with Crippen LogP contribution in [0.25, 0.3) is 11.1 Å². The molecule has 0 bridgehead atoms. The lowest BCUT2D eigenvalue weighted by atomic mass is 9.95. The fraction of sp³-hybridized carbons (Fsp3) is 0.133. The smallest absolute Gasteiger partial charge is 0.293 e. The Hall–Kier alpha value is -2.87. The van der Waals surface area contributed by atoms with Gasteiger partial charge in [-0.15, -0.1) is 0 Å². The van der Waals surface area contributed by atoms with Crippen molar-refractivity contribution in [3.8, 4) is 17.2 Å². The molecule has 100 valence electrons. The number of nitrogens with one attached hydrogen (secondary N) is 1. The quantitative estimate of drug-likeness (QED) is 0.682. The molecule has 20 heavy (non-hydrogen) atoms. The Kier molecular flexibility index (Phi) is 3.67. The Morgan fingerprint density at radius 1 is 1.20 bits per heavy atom. The van der Waals surface area contributed by atoms with Crippen LogP contribution in [0.1, 0.15) is 11.1 Å². The van der Waals surface area contributed by atoms with E-state index in [0.29, 0.717) is 5.56 Å². The first-order valence-electron chi connectivity index (χ1n) is 6.05. The van der Waals surface area contributed by atoms with E-state index in [-0.39, 0.29) is 16.9 Å². The van der Waals surface area contributed by atoms with Crippen molar-refractivity contribution < 1.29 is 4.92 Å². The Balaban J connectivity index is 2.77. The van der Waals surface area contributed by atoms with Crippen LogP contribution >= 0.6 is 0 Å². The highest BCUT2D eigenvalue weighted by molar-refractivity contribution is 5.84. The SMILES string of the molecule is CNc1c([N+](=O)[O-])ccc(-c2ccccc2C)c1C#N. The lowest BCUT2D eigenvalue weighted by Gasteiger charge is -2.11. The van der Waals surface area contributed by atoms with Crippen molar-refractivity contribution in [2.75, 3.05) is 12.4 Å². The molecule has 0 atom stereocenters. The lowest BCUT2D eigenvalue weighted by molar-refractivity contribution is -0.383. The first kappa shape index (κ1) is 13.6. The molecule has 1 N–H and O–H groups in total. The highest BCUT2D eigenvalue weighted by Gasteiger charge is 2.21. The van der Waals surface area contributed by atoms with Gasteiger partial charge in [-0.3, -0.25) is 10.1 Å². The molecule has 0 amide bonds. The molecular formula is C15H13N3O2. The van der Waals surface area contributed by atoms with Gasteiger partial charge in [0.05, 0.1) is 10.5 Å². The molecule has 0 fully saturated rings. The third kappa shape index (κ3) is 2.19. The summed E-state index contributed by atoms with van der Waals surface area (Å²) >= 11 is 0. The molecular weight excluding hydrogens is 254 g/mol. The number of aryl methyl sites for hydroxylation is 1. The number of hydrogen-bond acceptors (Lipinski definition) is 4. The summed E-state index contributed by atoms with van der Waals surface area (Å²) in [5.41, 5.74) is 3.05. The first-order chi connectivity index (χ1) is 9.60. The highest BCUT2D eigenvalue weighted by atomic mass is 16.6. The van der Waals surface area contributed by atoms with Gasteiger partial charge in [0.2, 0.25) is 0 Å². The normalized spacial score (nSPS) is 9.85. The number of anilines is 1. The zero-order chi connectivity index (χ0) is 14.7. The molecule has 5 heteroatoms. The van der Waals surface area contributed by atoms with Gasteiger partial charge in [0, 0.05) is 18.7 Å². The fourth-order valence-corrected chi connectivity index (χ4v) is 2.21. The summed E-state index contributed by atoms with van der Waals surface area (Å²) < 4.78 is 0. The molecule has 0 saturated carbocycles. The molecule has 0 heterocycles. The molecule has 5 nitrogen and oxygen atoms in total. The summed E-state index contributed by atoms with van der Waals surface area (Å²) in [6, 6.07) is 12.8. The van der Waals surface area contributed by atoms with Gasteiger partial charge >= 0.3 is 0 Å². The van der Waals surface area contributed by atoms with Crippen LogP contribution in [-0.2, 0) is 0 Å². The van der Waals surface area contributed by atoms with E-state index in [1.807, 2.05) is 31.2 Å². The van der Waals surface area contributed by atoms with Crippen molar-refractivity contribution in [3.05, 3.63) is 57.6 Å². The summed E-state index contributed by atoms with van der Waals surface area (Å²) in [6.45, 7) is 1.94. The summed E-state index contributed by atoms with van der Waals surface area (Å²) in [4.78, 5) is 10.5. The summed E-state index contributed by atoms with van der Waals surface area (Å²) in [5.74, 6) is 0. The van der Waals surface area contributed by atoms with E-state index < -0.39 is 4.92 Å². The Labute approximate surface area is 116 Å². The highest BCUT2D eigenvalue weighted by Crippen LogP contribution is 2.36. The second-order valence-electron chi connectivity index (χ2n) is 4.32. The number of rotatable bonds is 3. The van der Waals surface area contributed by atoms with Crippen LogP contribution in [-0.4, -0.2) is 12.0 Å². The summed E-state index contributed by atoms with van der Waals surface area (Å²) in [5, 5.41) is 23.2. The number of nitro groups is 1. The molecule has 2 aromatic rings. The predicted molar refractivity (Wildman–Crippen MR) is 77.5 cm³/mol. The van der Waals surface area contributed by atoms with Crippen LogP contribution in [0.4, 0.5) is 11.4 Å². The van der Waals surface area contributed by atoms with Gasteiger partial charge in [0.25, 0.3) is 5.69 Å². The van der Waals surface area contributed by atoms with Gasteiger partial charge in [-0.1, -0.05) is 24.3 Å². The van der Waals surface area contributed by atoms with E-state index in [0.717, 1.165) is 11.1 Å². The van der Waals surface area contributed by atoms with E-state index in [4.69, 9.17) is 0 Å². The number of nitro benzene ring substituents is 1. The average Bonchev–Trinajstić information content (AvgIpc) is 2.46. The molecule has 0 saturated heterocycles. The van der Waals surface area contributed by atoms with Crippen molar-refractivity contribution in [1.82, 2.24) is 0 Å². The van der Waals surface area contributed by atoms with E-state index in [2.05, 4.69) is 11.4 Å². The Morgan fingerprint density at radius 3 is 2.45 bits per heavy atom. The number of benzene rings is 2. The van der Waals surface area contributed by atoms with Crippen molar-refractivity contribution in [1.29, 1.82) is 5.26 Å². The largest absolute Gasteiger partial charge is 0.381 e. The van der Waals surface area contributed by atoms with E-state index in [1.165, 1.54) is 6.07 Å². The lowest BCUT2D eigenvalue weighted by Crippen LogP contribution is -2.01. The Bertz CT molecular complexity index is 718. The molecule has 0 aromatic heterocycles. The maximum Gasteiger partial charge on any atom is 0.293 e. The molecule has 0 aliphatic carbocycles. The topological polar surface area (TPSA) is 79.0 Å². The molecule has 2 rings (SSSR count). The van der Waals surface area contributed by atoms with Crippen LogP contribution in [0.3, 0.4) is 0 Å². The van der Waals surface area contributed by atoms with Crippen molar-refractivity contribution in [3.63, 3.8) is 0 Å². The Morgan fingerprint density at radius 2 is 1.90 bits per heavy atom. The predicted octanol–water partition coefficient (Wildman–Crippen LogP) is 3.48. The van der Waals surface area contributed by atoms with Crippen LogP contribution in [0.2, 0.25) is 0 Å². The number of nitrogens with zero attached hydrogens (tertiary/aromatic N) is 2. The molecule has 0 aliphatic rings. The molecule has 0 unspecified atom stereocenters. The molecule has 0 aliphatic heterocycles. The third-order valence-corrected chi connectivity index (χ3v) is 3.18. The van der Waals surface area contributed by atoms with Crippen LogP contribution in [0.5, 0.6) is 0 Å². The standard InChI is InChI=1S/C15H13N3O2/c1-10-5-3-4-6-11(10)12-7-8-14(18(19)20)15(17-2)13(12)9-16/h3-8,17H,1-2H3. The van der Waals surface area contributed by atoms with E-state index >= 15 is 0 Å². The third-order valence-electron chi connectivity index (χ3n) is 3.18. The van der Waals surface area contributed by atoms with Gasteiger partial charge in [0.15, 0.2) is 0 Å². The average molecular weight is 267 g/mol. The minimum Gasteiger partial charge on any atom is -0.381 e. The van der Waals surface area contributed by atoms with Crippen LogP contribution in [0.15, 0.2) is 36.4 Å². The van der Waals surface area contributed by atoms with E-state index in [9.17, 15) is 15.4 Å². The van der Waals surface area contributed by atoms with Crippen molar-refractivity contribution in [2.24, 2.45) is 0 Å². The monoisotopic (exact) mass is 267 g/mol. The first-order valence-corrected chi connectivity index (χ1v) is 6.05. The molecule has 0 radical (unpaired) electrons. The zero-order valence-electron chi connectivity index (χ0n) is 11.2. The van der Waals surface area contributed by atoms with Gasteiger partial charge in [0.1, 0.15) is 11.8 Å². The fourth-order valence-electron chi connectivity index (χ4n) is 2.21. The minimum atomic E-state index is -0.492. The maximum absolute atomic E-state index is 11.0. The van der Waals surface area contributed by atoms with Gasteiger partial charge in [-0.2, -0.15) is 5.26 Å². The molecule has 0 spiro atoms. The van der Waals surface area contributed by atoms with Crippen molar-refractivity contribution >= 4 is 11.4 Å². The zero-order valence-corrected chi connectivity index (χ0v) is 11.2. The van der Waals surface area contributed by atoms with Crippen LogP contribution in [0, 0.1) is 28.4 Å². The van der Waals surface area contributed by atoms with Crippen molar-refractivity contribution in [2.45, 2.75) is 6.92 Å². The maximum atomic E-state index is 11.0. The summed E-state index contributed by atoms with van der Waals surface area (Å²) in [7, 11) is 1.57. The number of hydrogen-bond donors (Lipinski definition) is 1. The molecule has 2 aromatic carbocycles. The minimum absolute atomic E-state index is 0.0959. The van der Waals surface area contributed by atoms with Gasteiger partial charge in [-0.25, -0.2) is 0 Å². The van der Waals surface area contributed by atoms with Gasteiger partial charge in [-0.05, 0) is 24.1 Å². The van der Waals surface area contributed by atoms with E-state index in [1.54, 1.807) is 13.1 Å².